The molecular formula is C7H3Cl2FN2O2. The third-order valence-electron chi connectivity index (χ3n) is 1.86. The zero-order chi connectivity index (χ0) is 10.5. The zero-order valence-corrected chi connectivity index (χ0v) is 8.03. The first-order chi connectivity index (χ1) is 6.52. The number of rotatable bonds is 0. The van der Waals surface area contributed by atoms with Crippen molar-refractivity contribution in [3.8, 4) is 0 Å². The van der Waals surface area contributed by atoms with E-state index in [2.05, 4.69) is 10.3 Å². The van der Waals surface area contributed by atoms with Crippen LogP contribution in [0.3, 0.4) is 0 Å². The summed E-state index contributed by atoms with van der Waals surface area (Å²) < 4.78 is 13.3. The molecule has 1 atom stereocenters. The van der Waals surface area contributed by atoms with Crippen LogP contribution in [0.1, 0.15) is 22.1 Å². The summed E-state index contributed by atoms with van der Waals surface area (Å²) in [5.74, 6) is -1.60. The molecule has 14 heavy (non-hydrogen) atoms. The van der Waals surface area contributed by atoms with E-state index in [0.29, 0.717) is 0 Å². The minimum atomic E-state index is -1.42. The van der Waals surface area contributed by atoms with E-state index in [9.17, 15) is 14.3 Å². The molecule has 0 saturated carbocycles. The maximum absolute atomic E-state index is 13.3. The molecule has 4 nitrogen and oxygen atoms in total. The van der Waals surface area contributed by atoms with E-state index in [1.807, 2.05) is 0 Å². The fourth-order valence-electron chi connectivity index (χ4n) is 1.26. The van der Waals surface area contributed by atoms with Crippen molar-refractivity contribution in [3.05, 3.63) is 27.3 Å². The smallest absolute Gasteiger partial charge is 0.257 e. The molecule has 0 fully saturated rings. The standard InChI is InChI=1S/C7H3Cl2FN2O2/c8-4-2-1(3(10)5(9)11-4)6(13)12-7(2)14/h6,13H,(H,12,14)/t6-/m0/s1. The highest BCUT2D eigenvalue weighted by Gasteiger charge is 2.34. The number of fused-ring (bicyclic) bond motifs is 1. The summed E-state index contributed by atoms with van der Waals surface area (Å²) in [5, 5.41) is 10.7. The monoisotopic (exact) mass is 236 g/mol. The van der Waals surface area contributed by atoms with Gasteiger partial charge in [0, 0.05) is 0 Å². The van der Waals surface area contributed by atoms with Crippen LogP contribution >= 0.6 is 23.2 Å². The first-order valence-electron chi connectivity index (χ1n) is 3.55. The van der Waals surface area contributed by atoms with Gasteiger partial charge >= 0.3 is 0 Å². The summed E-state index contributed by atoms with van der Waals surface area (Å²) >= 11 is 11.0. The summed E-state index contributed by atoms with van der Waals surface area (Å²) in [4.78, 5) is 14.6. The number of amides is 1. The lowest BCUT2D eigenvalue weighted by Crippen LogP contribution is -2.18. The number of nitrogens with one attached hydrogen (secondary N) is 1. The van der Waals surface area contributed by atoms with Gasteiger partial charge in [-0.2, -0.15) is 0 Å². The molecule has 0 saturated heterocycles. The molecule has 1 amide bonds. The van der Waals surface area contributed by atoms with Crippen LogP contribution in [0.25, 0.3) is 0 Å². The second-order valence-corrected chi connectivity index (χ2v) is 3.39. The number of carbonyl (C=O) groups excluding carboxylic acids is 1. The number of halogens is 3. The number of pyridine rings is 1. The molecule has 1 aromatic rings. The molecule has 0 radical (unpaired) electrons. The summed E-state index contributed by atoms with van der Waals surface area (Å²) in [5.41, 5.74) is -0.416. The van der Waals surface area contributed by atoms with E-state index >= 15 is 0 Å². The van der Waals surface area contributed by atoms with E-state index in [0.717, 1.165) is 0 Å². The Balaban J connectivity index is 2.79. The molecule has 0 aromatic carbocycles. The number of nitrogens with zero attached hydrogens (tertiary/aromatic N) is 1. The molecule has 1 aliphatic rings. The van der Waals surface area contributed by atoms with Gasteiger partial charge in [-0.3, -0.25) is 4.79 Å². The molecule has 1 aliphatic heterocycles. The second kappa shape index (κ2) is 3.05. The molecule has 7 heteroatoms. The first-order valence-corrected chi connectivity index (χ1v) is 4.31. The lowest BCUT2D eigenvalue weighted by Gasteiger charge is -2.05. The summed E-state index contributed by atoms with van der Waals surface area (Å²) in [6, 6.07) is 0. The molecule has 2 N–H and O–H groups in total. The maximum atomic E-state index is 13.3. The Morgan fingerprint density at radius 3 is 2.71 bits per heavy atom. The van der Waals surface area contributed by atoms with E-state index in [4.69, 9.17) is 23.2 Å². The van der Waals surface area contributed by atoms with Crippen molar-refractivity contribution in [1.29, 1.82) is 0 Å². The third kappa shape index (κ3) is 1.17. The largest absolute Gasteiger partial charge is 0.369 e. The highest BCUT2D eigenvalue weighted by Crippen LogP contribution is 2.33. The average Bonchev–Trinajstić information content (AvgIpc) is 2.38. The lowest BCUT2D eigenvalue weighted by molar-refractivity contribution is 0.0847. The van der Waals surface area contributed by atoms with Crippen molar-refractivity contribution in [3.63, 3.8) is 0 Å². The van der Waals surface area contributed by atoms with Gasteiger partial charge in [0.15, 0.2) is 17.2 Å². The highest BCUT2D eigenvalue weighted by molar-refractivity contribution is 6.35. The Morgan fingerprint density at radius 2 is 2.07 bits per heavy atom. The fourth-order valence-corrected chi connectivity index (χ4v) is 1.77. The van der Waals surface area contributed by atoms with Crippen molar-refractivity contribution in [2.45, 2.75) is 6.23 Å². The number of aromatic nitrogens is 1. The Hall–Kier alpha value is -0.910. The summed E-state index contributed by atoms with van der Waals surface area (Å²) in [7, 11) is 0. The van der Waals surface area contributed by atoms with Crippen LogP contribution < -0.4 is 5.32 Å². The van der Waals surface area contributed by atoms with Crippen LogP contribution in [0.2, 0.25) is 10.3 Å². The van der Waals surface area contributed by atoms with Crippen LogP contribution in [-0.4, -0.2) is 16.0 Å². The number of hydrogen-bond acceptors (Lipinski definition) is 3. The van der Waals surface area contributed by atoms with E-state index in [-0.39, 0.29) is 16.3 Å². The lowest BCUT2D eigenvalue weighted by atomic mass is 10.1. The van der Waals surface area contributed by atoms with Crippen molar-refractivity contribution in [2.75, 3.05) is 0 Å². The Bertz CT molecular complexity index is 438. The summed E-state index contributed by atoms with van der Waals surface area (Å²) in [6.45, 7) is 0. The van der Waals surface area contributed by atoms with Gasteiger partial charge in [-0.1, -0.05) is 23.2 Å². The first kappa shape index (κ1) is 9.64. The normalized spacial score (nSPS) is 19.4. The molecule has 2 heterocycles. The third-order valence-corrected chi connectivity index (χ3v) is 2.38. The number of aliphatic hydroxyl groups is 1. The quantitative estimate of drug-likeness (QED) is 0.667. The van der Waals surface area contributed by atoms with Crippen molar-refractivity contribution in [2.24, 2.45) is 0 Å². The second-order valence-electron chi connectivity index (χ2n) is 2.67. The Morgan fingerprint density at radius 1 is 1.43 bits per heavy atom. The van der Waals surface area contributed by atoms with Crippen molar-refractivity contribution in [1.82, 2.24) is 10.3 Å². The molecule has 0 unspecified atom stereocenters. The van der Waals surface area contributed by atoms with Crippen LogP contribution in [-0.2, 0) is 0 Å². The fraction of sp³-hybridized carbons (Fsp3) is 0.143. The van der Waals surface area contributed by atoms with Gasteiger partial charge in [-0.05, 0) is 0 Å². The predicted molar refractivity (Wildman–Crippen MR) is 46.6 cm³/mol. The van der Waals surface area contributed by atoms with Gasteiger partial charge in [-0.25, -0.2) is 9.37 Å². The van der Waals surface area contributed by atoms with Gasteiger partial charge in [0.05, 0.1) is 11.1 Å². The SMILES string of the molecule is O=C1N[C@@H](O)c2c(F)c(Cl)nc(Cl)c21. The van der Waals surface area contributed by atoms with Gasteiger partial charge in [0.1, 0.15) is 5.15 Å². The molecule has 2 rings (SSSR count). The van der Waals surface area contributed by atoms with Crippen LogP contribution in [0, 0.1) is 5.82 Å². The molecule has 0 spiro atoms. The van der Waals surface area contributed by atoms with Crippen molar-refractivity contribution >= 4 is 29.1 Å². The maximum Gasteiger partial charge on any atom is 0.257 e. The molecule has 74 valence electrons. The summed E-state index contributed by atoms with van der Waals surface area (Å²) in [6.07, 6.45) is -1.42. The van der Waals surface area contributed by atoms with E-state index in [1.54, 1.807) is 0 Å². The number of carbonyl (C=O) groups is 1. The Kier molecular flexibility index (Phi) is 2.10. The zero-order valence-electron chi connectivity index (χ0n) is 6.51. The van der Waals surface area contributed by atoms with Gasteiger partial charge in [0.25, 0.3) is 5.91 Å². The van der Waals surface area contributed by atoms with Gasteiger partial charge in [0.2, 0.25) is 0 Å². The number of hydrogen-bond donors (Lipinski definition) is 2. The number of aliphatic hydroxyl groups excluding tert-OH is 1. The van der Waals surface area contributed by atoms with Crippen LogP contribution in [0.5, 0.6) is 0 Å². The van der Waals surface area contributed by atoms with E-state index < -0.39 is 23.1 Å². The minimum Gasteiger partial charge on any atom is -0.369 e. The predicted octanol–water partition coefficient (Wildman–Crippen LogP) is 1.26. The minimum absolute atomic E-state index is 0.166. The van der Waals surface area contributed by atoms with E-state index in [1.165, 1.54) is 0 Å². The average molecular weight is 237 g/mol. The van der Waals surface area contributed by atoms with Gasteiger partial charge in [-0.15, -0.1) is 0 Å². The molecular weight excluding hydrogens is 234 g/mol. The Labute approximate surface area is 87.7 Å². The molecule has 1 aromatic heterocycles. The molecule has 0 bridgehead atoms. The van der Waals surface area contributed by atoms with Crippen molar-refractivity contribution < 1.29 is 14.3 Å². The van der Waals surface area contributed by atoms with Crippen LogP contribution in [0.4, 0.5) is 4.39 Å². The topological polar surface area (TPSA) is 62.2 Å². The highest BCUT2D eigenvalue weighted by atomic mass is 35.5. The van der Waals surface area contributed by atoms with Gasteiger partial charge < -0.3 is 10.4 Å². The molecule has 0 aliphatic carbocycles. The van der Waals surface area contributed by atoms with Crippen LogP contribution in [0.15, 0.2) is 0 Å².